The van der Waals surface area contributed by atoms with Gasteiger partial charge in [-0.05, 0) is 40.7 Å². The molecule has 0 amide bonds. The molecule has 0 fully saturated rings. The summed E-state index contributed by atoms with van der Waals surface area (Å²) >= 11 is 0. The van der Waals surface area contributed by atoms with Crippen LogP contribution >= 0.6 is 0 Å². The summed E-state index contributed by atoms with van der Waals surface area (Å²) in [5.74, 6) is 1.75. The summed E-state index contributed by atoms with van der Waals surface area (Å²) in [7, 11) is -3.07. The molecule has 1 unspecified atom stereocenters. The Bertz CT molecular complexity index is 514. The van der Waals surface area contributed by atoms with Crippen molar-refractivity contribution >= 4 is 9.84 Å². The van der Waals surface area contributed by atoms with Crippen molar-refractivity contribution < 1.29 is 12.8 Å². The summed E-state index contributed by atoms with van der Waals surface area (Å²) in [4.78, 5) is 0. The Kier molecular flexibility index (Phi) is 4.28. The summed E-state index contributed by atoms with van der Waals surface area (Å²) in [5, 5.41) is 3.26. The molecule has 5 heteroatoms. The third-order valence-electron chi connectivity index (χ3n) is 3.38. The molecule has 0 spiro atoms. The molecule has 0 aliphatic rings. The van der Waals surface area contributed by atoms with Crippen LogP contribution in [0.2, 0.25) is 0 Å². The van der Waals surface area contributed by atoms with E-state index in [4.69, 9.17) is 4.42 Å². The van der Waals surface area contributed by atoms with Crippen molar-refractivity contribution in [2.75, 3.05) is 12.8 Å². The van der Waals surface area contributed by atoms with Crippen molar-refractivity contribution in [1.29, 1.82) is 0 Å². The fourth-order valence-corrected chi connectivity index (χ4v) is 2.07. The first-order valence-corrected chi connectivity index (χ1v) is 7.93. The molecule has 104 valence electrons. The van der Waals surface area contributed by atoms with Crippen LogP contribution < -0.4 is 5.32 Å². The number of sulfone groups is 1. The zero-order chi connectivity index (χ0) is 14.1. The summed E-state index contributed by atoms with van der Waals surface area (Å²) in [6.45, 7) is 9.71. The van der Waals surface area contributed by atoms with E-state index in [0.29, 0.717) is 6.54 Å². The second kappa shape index (κ2) is 5.05. The van der Waals surface area contributed by atoms with Crippen molar-refractivity contribution in [3.63, 3.8) is 0 Å². The van der Waals surface area contributed by atoms with E-state index in [9.17, 15) is 8.42 Å². The van der Waals surface area contributed by atoms with E-state index >= 15 is 0 Å². The molecule has 18 heavy (non-hydrogen) atoms. The van der Waals surface area contributed by atoms with Crippen LogP contribution in [0.1, 0.15) is 43.9 Å². The van der Waals surface area contributed by atoms with Crippen LogP contribution in [0.5, 0.6) is 0 Å². The molecule has 1 N–H and O–H groups in total. The Hall–Kier alpha value is -0.810. The van der Waals surface area contributed by atoms with Crippen LogP contribution in [0.3, 0.4) is 0 Å². The Morgan fingerprint density at radius 3 is 2.33 bits per heavy atom. The van der Waals surface area contributed by atoms with E-state index in [2.05, 4.69) is 5.32 Å². The largest absolute Gasteiger partial charge is 0.466 e. The van der Waals surface area contributed by atoms with Gasteiger partial charge in [0, 0.05) is 24.4 Å². The second-order valence-electron chi connectivity index (χ2n) is 5.50. The average Bonchev–Trinajstić information content (AvgIpc) is 2.53. The van der Waals surface area contributed by atoms with E-state index < -0.39 is 14.6 Å². The molecule has 1 aromatic rings. The normalized spacial score (nSPS) is 14.8. The standard InChI is InChI=1S/C13H23NO3S/c1-9-7-12(11(3)17-9)10(2)14-8-13(4,5)18(6,15)16/h7,10,14H,8H2,1-6H3. The topological polar surface area (TPSA) is 59.3 Å². The van der Waals surface area contributed by atoms with Crippen LogP contribution in [-0.4, -0.2) is 26.0 Å². The molecule has 0 bridgehead atoms. The maximum Gasteiger partial charge on any atom is 0.153 e. The van der Waals surface area contributed by atoms with Crippen molar-refractivity contribution in [2.45, 2.75) is 45.4 Å². The number of hydrogen-bond acceptors (Lipinski definition) is 4. The maximum atomic E-state index is 11.6. The smallest absolute Gasteiger partial charge is 0.153 e. The van der Waals surface area contributed by atoms with Gasteiger partial charge in [0.25, 0.3) is 0 Å². The highest BCUT2D eigenvalue weighted by atomic mass is 32.2. The number of rotatable bonds is 5. The van der Waals surface area contributed by atoms with Crippen LogP contribution in [-0.2, 0) is 9.84 Å². The van der Waals surface area contributed by atoms with E-state index in [0.717, 1.165) is 17.1 Å². The van der Waals surface area contributed by atoms with Crippen molar-refractivity contribution in [1.82, 2.24) is 5.32 Å². The minimum atomic E-state index is -3.07. The van der Waals surface area contributed by atoms with Gasteiger partial charge >= 0.3 is 0 Å². The minimum absolute atomic E-state index is 0.0727. The lowest BCUT2D eigenvalue weighted by molar-refractivity contribution is 0.471. The molecule has 0 radical (unpaired) electrons. The highest BCUT2D eigenvalue weighted by Crippen LogP contribution is 2.22. The lowest BCUT2D eigenvalue weighted by atomic mass is 10.1. The summed E-state index contributed by atoms with van der Waals surface area (Å²) in [6.07, 6.45) is 1.27. The first-order valence-electron chi connectivity index (χ1n) is 6.04. The predicted octanol–water partition coefficient (Wildman–Crippen LogP) is 2.37. The molecule has 1 rings (SSSR count). The maximum absolute atomic E-state index is 11.6. The fourth-order valence-electron chi connectivity index (χ4n) is 1.72. The average molecular weight is 273 g/mol. The third-order valence-corrected chi connectivity index (χ3v) is 5.54. The fraction of sp³-hybridized carbons (Fsp3) is 0.692. The van der Waals surface area contributed by atoms with Gasteiger partial charge in [-0.2, -0.15) is 0 Å². The van der Waals surface area contributed by atoms with Gasteiger partial charge in [0.15, 0.2) is 9.84 Å². The predicted molar refractivity (Wildman–Crippen MR) is 73.5 cm³/mol. The van der Waals surface area contributed by atoms with E-state index in [-0.39, 0.29) is 6.04 Å². The lowest BCUT2D eigenvalue weighted by Gasteiger charge is -2.25. The van der Waals surface area contributed by atoms with Gasteiger partial charge in [-0.15, -0.1) is 0 Å². The molecule has 0 aliphatic carbocycles. The van der Waals surface area contributed by atoms with Gasteiger partial charge in [-0.1, -0.05) is 0 Å². The molecular weight excluding hydrogens is 250 g/mol. The molecule has 4 nitrogen and oxygen atoms in total. The summed E-state index contributed by atoms with van der Waals surface area (Å²) in [6, 6.07) is 2.06. The van der Waals surface area contributed by atoms with Crippen LogP contribution in [0, 0.1) is 13.8 Å². The number of nitrogens with one attached hydrogen (secondary N) is 1. The van der Waals surface area contributed by atoms with Gasteiger partial charge in [0.2, 0.25) is 0 Å². The highest BCUT2D eigenvalue weighted by Gasteiger charge is 2.30. The minimum Gasteiger partial charge on any atom is -0.466 e. The first-order chi connectivity index (χ1) is 8.04. The van der Waals surface area contributed by atoms with Crippen molar-refractivity contribution in [3.8, 4) is 0 Å². The van der Waals surface area contributed by atoms with Gasteiger partial charge < -0.3 is 9.73 Å². The van der Waals surface area contributed by atoms with Crippen LogP contribution in [0.15, 0.2) is 10.5 Å². The van der Waals surface area contributed by atoms with Gasteiger partial charge in [-0.3, -0.25) is 0 Å². The summed E-state index contributed by atoms with van der Waals surface area (Å²) in [5.41, 5.74) is 1.08. The Morgan fingerprint density at radius 1 is 1.39 bits per heavy atom. The molecular formula is C13H23NO3S. The zero-order valence-electron chi connectivity index (χ0n) is 12.0. The summed E-state index contributed by atoms with van der Waals surface area (Å²) < 4.78 is 27.9. The molecule has 1 atom stereocenters. The third kappa shape index (κ3) is 3.36. The molecule has 0 saturated heterocycles. The van der Waals surface area contributed by atoms with E-state index in [1.54, 1.807) is 13.8 Å². The first kappa shape index (κ1) is 15.2. The molecule has 1 aromatic heterocycles. The van der Waals surface area contributed by atoms with Gasteiger partial charge in [0.05, 0.1) is 4.75 Å². The van der Waals surface area contributed by atoms with Crippen LogP contribution in [0.4, 0.5) is 0 Å². The van der Waals surface area contributed by atoms with Gasteiger partial charge in [0.1, 0.15) is 11.5 Å². The van der Waals surface area contributed by atoms with Crippen molar-refractivity contribution in [2.24, 2.45) is 0 Å². The van der Waals surface area contributed by atoms with Crippen LogP contribution in [0.25, 0.3) is 0 Å². The lowest BCUT2D eigenvalue weighted by Crippen LogP contribution is -2.42. The Morgan fingerprint density at radius 2 is 1.94 bits per heavy atom. The zero-order valence-corrected chi connectivity index (χ0v) is 12.8. The second-order valence-corrected chi connectivity index (χ2v) is 8.15. The van der Waals surface area contributed by atoms with Gasteiger partial charge in [-0.25, -0.2) is 8.42 Å². The monoisotopic (exact) mass is 273 g/mol. The number of hydrogen-bond donors (Lipinski definition) is 1. The molecule has 0 saturated carbocycles. The van der Waals surface area contributed by atoms with E-state index in [1.165, 1.54) is 6.26 Å². The SMILES string of the molecule is Cc1cc(C(C)NCC(C)(C)S(C)(=O)=O)c(C)o1. The molecule has 0 aliphatic heterocycles. The number of aryl methyl sites for hydroxylation is 2. The van der Waals surface area contributed by atoms with E-state index in [1.807, 2.05) is 26.8 Å². The quantitative estimate of drug-likeness (QED) is 0.894. The Labute approximate surface area is 110 Å². The Balaban J connectivity index is 2.73. The highest BCUT2D eigenvalue weighted by molar-refractivity contribution is 7.92. The molecule has 1 heterocycles. The number of furan rings is 1. The molecule has 0 aromatic carbocycles. The van der Waals surface area contributed by atoms with Crippen molar-refractivity contribution in [3.05, 3.63) is 23.2 Å².